The van der Waals surface area contributed by atoms with E-state index in [0.29, 0.717) is 34.7 Å². The Morgan fingerprint density at radius 1 is 1.17 bits per heavy atom. The molecule has 0 fully saturated rings. The number of nitrogens with zero attached hydrogens (tertiary/aromatic N) is 5. The predicted molar refractivity (Wildman–Crippen MR) is 113 cm³/mol. The van der Waals surface area contributed by atoms with Gasteiger partial charge in [0.1, 0.15) is 12.1 Å². The molecule has 0 spiro atoms. The van der Waals surface area contributed by atoms with Crippen molar-refractivity contribution in [3.05, 3.63) is 75.6 Å². The fourth-order valence-corrected chi connectivity index (χ4v) is 4.16. The van der Waals surface area contributed by atoms with Crippen LogP contribution in [0.3, 0.4) is 0 Å². The molecule has 8 heteroatoms. The number of hydrogen-bond acceptors (Lipinski definition) is 6. The van der Waals surface area contributed by atoms with Gasteiger partial charge in [0.2, 0.25) is 0 Å². The average molecular weight is 403 g/mol. The summed E-state index contributed by atoms with van der Waals surface area (Å²) < 4.78 is 8.72. The van der Waals surface area contributed by atoms with E-state index in [0.717, 1.165) is 12.0 Å². The number of thiophene rings is 1. The van der Waals surface area contributed by atoms with Gasteiger partial charge < -0.3 is 9.30 Å². The van der Waals surface area contributed by atoms with Gasteiger partial charge in [-0.3, -0.25) is 4.79 Å². The highest BCUT2D eigenvalue weighted by atomic mass is 32.1. The lowest BCUT2D eigenvalue weighted by molar-refractivity contribution is 0.415. The summed E-state index contributed by atoms with van der Waals surface area (Å²) in [5, 5.41) is 6.88. The molecule has 5 rings (SSSR count). The van der Waals surface area contributed by atoms with E-state index in [4.69, 9.17) is 4.74 Å². The van der Waals surface area contributed by atoms with Crippen LogP contribution in [0.2, 0.25) is 0 Å². The molecular formula is C21H17N5O2S. The third kappa shape index (κ3) is 3.07. The first-order chi connectivity index (χ1) is 14.2. The molecule has 0 saturated carbocycles. The number of fused-ring (bicyclic) bond motifs is 2. The summed E-state index contributed by atoms with van der Waals surface area (Å²) in [6.45, 7) is 0.599. The van der Waals surface area contributed by atoms with Crippen molar-refractivity contribution in [2.75, 3.05) is 7.11 Å². The molecule has 0 bridgehead atoms. The molecular weight excluding hydrogens is 386 g/mol. The zero-order valence-corrected chi connectivity index (χ0v) is 16.5. The number of pyridine rings is 1. The number of aromatic nitrogens is 5. The van der Waals surface area contributed by atoms with Crippen molar-refractivity contribution in [1.82, 2.24) is 24.1 Å². The van der Waals surface area contributed by atoms with Gasteiger partial charge in [-0.2, -0.15) is 14.6 Å². The van der Waals surface area contributed by atoms with E-state index in [1.54, 1.807) is 33.7 Å². The Hall–Kier alpha value is -3.52. The topological polar surface area (TPSA) is 74.3 Å². The number of methoxy groups -OCH3 is 1. The first-order valence-corrected chi connectivity index (χ1v) is 10.0. The number of ether oxygens (including phenoxy) is 1. The van der Waals surface area contributed by atoms with Gasteiger partial charge in [-0.15, -0.1) is 11.3 Å². The summed E-state index contributed by atoms with van der Waals surface area (Å²) in [5.41, 5.74) is 1.99. The van der Waals surface area contributed by atoms with Crippen LogP contribution >= 0.6 is 11.3 Å². The second kappa shape index (κ2) is 7.14. The van der Waals surface area contributed by atoms with E-state index >= 15 is 0 Å². The summed E-state index contributed by atoms with van der Waals surface area (Å²) >= 11 is 1.69. The van der Waals surface area contributed by atoms with Crippen molar-refractivity contribution < 1.29 is 4.74 Å². The third-order valence-electron chi connectivity index (χ3n) is 4.86. The molecule has 0 unspecified atom stereocenters. The largest absolute Gasteiger partial charge is 0.497 e. The van der Waals surface area contributed by atoms with Crippen LogP contribution in [0.15, 0.2) is 65.2 Å². The van der Waals surface area contributed by atoms with E-state index < -0.39 is 0 Å². The molecule has 0 aliphatic carbocycles. The maximum atomic E-state index is 13.4. The molecule has 0 N–H and O–H groups in total. The lowest BCUT2D eigenvalue weighted by Crippen LogP contribution is -2.22. The monoisotopic (exact) mass is 403 g/mol. The molecule has 1 aromatic carbocycles. The summed E-state index contributed by atoms with van der Waals surface area (Å²) in [5.74, 6) is 1.15. The predicted octanol–water partition coefficient (Wildman–Crippen LogP) is 3.42. The smallest absolute Gasteiger partial charge is 0.262 e. The lowest BCUT2D eigenvalue weighted by Gasteiger charge is -2.12. The van der Waals surface area contributed by atoms with E-state index in [1.165, 1.54) is 11.2 Å². The standard InChI is InChI=1S/C21H17N5O2S/c1-28-15-5-2-4-14(12-15)19-18-17(24-21-22-13-23-26(19)21)8-10-25(20(18)27)9-7-16-6-3-11-29-16/h2-6,8,10-13H,7,9H2,1H3. The molecule has 4 heterocycles. The molecule has 29 heavy (non-hydrogen) atoms. The number of hydrogen-bond donors (Lipinski definition) is 0. The summed E-state index contributed by atoms with van der Waals surface area (Å²) in [4.78, 5) is 23.4. The maximum Gasteiger partial charge on any atom is 0.262 e. The number of rotatable bonds is 5. The number of benzene rings is 1. The molecule has 5 aromatic rings. The van der Waals surface area contributed by atoms with Crippen molar-refractivity contribution in [2.24, 2.45) is 0 Å². The molecule has 0 atom stereocenters. The fraction of sp³-hybridized carbons (Fsp3) is 0.143. The summed E-state index contributed by atoms with van der Waals surface area (Å²) in [6.07, 6.45) is 4.05. The molecule has 4 aromatic heterocycles. The Morgan fingerprint density at radius 2 is 2.10 bits per heavy atom. The van der Waals surface area contributed by atoms with E-state index in [9.17, 15) is 4.79 Å². The van der Waals surface area contributed by atoms with Gasteiger partial charge in [-0.1, -0.05) is 18.2 Å². The minimum Gasteiger partial charge on any atom is -0.497 e. The van der Waals surface area contributed by atoms with Crippen molar-refractivity contribution in [3.8, 4) is 17.0 Å². The van der Waals surface area contributed by atoms with Gasteiger partial charge in [-0.05, 0) is 36.1 Å². The second-order valence-electron chi connectivity index (χ2n) is 6.57. The van der Waals surface area contributed by atoms with Gasteiger partial charge in [0.15, 0.2) is 0 Å². The first-order valence-electron chi connectivity index (χ1n) is 9.14. The molecule has 0 aliphatic heterocycles. The highest BCUT2D eigenvalue weighted by Gasteiger charge is 2.17. The highest BCUT2D eigenvalue weighted by Crippen LogP contribution is 2.28. The Labute approximate surface area is 169 Å². The van der Waals surface area contributed by atoms with Gasteiger partial charge in [-0.25, -0.2) is 4.98 Å². The van der Waals surface area contributed by atoms with Crippen molar-refractivity contribution in [3.63, 3.8) is 0 Å². The fourth-order valence-electron chi connectivity index (χ4n) is 3.46. The number of aryl methyl sites for hydroxylation is 2. The Bertz CT molecular complexity index is 1370. The van der Waals surface area contributed by atoms with Crippen molar-refractivity contribution in [2.45, 2.75) is 13.0 Å². The molecule has 0 aliphatic rings. The minimum absolute atomic E-state index is 0.0956. The Balaban J connectivity index is 1.74. The molecule has 7 nitrogen and oxygen atoms in total. The lowest BCUT2D eigenvalue weighted by atomic mass is 10.1. The minimum atomic E-state index is -0.0956. The first kappa shape index (κ1) is 17.6. The molecule has 144 valence electrons. The van der Waals surface area contributed by atoms with Crippen molar-refractivity contribution in [1.29, 1.82) is 0 Å². The van der Waals surface area contributed by atoms with Crippen LogP contribution in [0.25, 0.3) is 27.9 Å². The zero-order chi connectivity index (χ0) is 19.8. The molecule has 0 radical (unpaired) electrons. The summed E-state index contributed by atoms with van der Waals surface area (Å²) in [6, 6.07) is 13.5. The van der Waals surface area contributed by atoms with Crippen LogP contribution in [0.5, 0.6) is 5.75 Å². The van der Waals surface area contributed by atoms with Gasteiger partial charge in [0, 0.05) is 23.2 Å². The van der Waals surface area contributed by atoms with Crippen LogP contribution in [0, 0.1) is 0 Å². The van der Waals surface area contributed by atoms with Crippen LogP contribution in [0.4, 0.5) is 0 Å². The SMILES string of the molecule is COc1cccc(-c2c3c(=O)n(CCc4cccs4)ccc3nc3ncnn23)c1. The zero-order valence-electron chi connectivity index (χ0n) is 15.6. The van der Waals surface area contributed by atoms with E-state index in [-0.39, 0.29) is 5.56 Å². The Morgan fingerprint density at radius 3 is 2.93 bits per heavy atom. The highest BCUT2D eigenvalue weighted by molar-refractivity contribution is 7.09. The normalized spacial score (nSPS) is 11.3. The van der Waals surface area contributed by atoms with Crippen molar-refractivity contribution >= 4 is 28.0 Å². The van der Waals surface area contributed by atoms with Gasteiger partial charge in [0.25, 0.3) is 11.3 Å². The van der Waals surface area contributed by atoms with Gasteiger partial charge >= 0.3 is 0 Å². The third-order valence-corrected chi connectivity index (χ3v) is 5.80. The van der Waals surface area contributed by atoms with Crippen LogP contribution in [0.1, 0.15) is 4.88 Å². The van der Waals surface area contributed by atoms with Crippen LogP contribution in [-0.2, 0) is 13.0 Å². The van der Waals surface area contributed by atoms with Crippen LogP contribution in [-0.4, -0.2) is 31.3 Å². The summed E-state index contributed by atoms with van der Waals surface area (Å²) in [7, 11) is 1.62. The molecule has 0 saturated heterocycles. The van der Waals surface area contributed by atoms with Gasteiger partial charge in [0.05, 0.1) is 23.7 Å². The molecule has 0 amide bonds. The van der Waals surface area contributed by atoms with E-state index in [2.05, 4.69) is 21.1 Å². The second-order valence-corrected chi connectivity index (χ2v) is 7.60. The quantitative estimate of drug-likeness (QED) is 0.450. The maximum absolute atomic E-state index is 13.4. The van der Waals surface area contributed by atoms with Crippen LogP contribution < -0.4 is 10.3 Å². The van der Waals surface area contributed by atoms with E-state index in [1.807, 2.05) is 41.8 Å². The Kier molecular flexibility index (Phi) is 4.33. The average Bonchev–Trinajstić information content (AvgIpc) is 3.43.